The first kappa shape index (κ1) is 9.47. The number of aliphatic hydroxyl groups is 1. The lowest BCUT2D eigenvalue weighted by Crippen LogP contribution is -2.50. The van der Waals surface area contributed by atoms with Gasteiger partial charge in [-0.15, -0.1) is 0 Å². The number of nitrogens with zero attached hydrogens (tertiary/aromatic N) is 1. The van der Waals surface area contributed by atoms with E-state index in [1.165, 1.54) is 32.4 Å². The van der Waals surface area contributed by atoms with Crippen LogP contribution in [0.25, 0.3) is 0 Å². The summed E-state index contributed by atoms with van der Waals surface area (Å²) in [7, 11) is 0. The first-order chi connectivity index (χ1) is 6.18. The zero-order valence-electron chi connectivity index (χ0n) is 8.63. The third-order valence-electron chi connectivity index (χ3n) is 3.67. The molecule has 0 aromatic carbocycles. The largest absolute Gasteiger partial charge is 0.389 e. The van der Waals surface area contributed by atoms with E-state index in [0.717, 1.165) is 25.3 Å². The fraction of sp³-hybridized carbons (Fsp3) is 1.00. The minimum atomic E-state index is -0.340. The van der Waals surface area contributed by atoms with E-state index in [2.05, 4.69) is 11.8 Å². The molecule has 0 amide bonds. The van der Waals surface area contributed by atoms with E-state index in [1.54, 1.807) is 0 Å². The molecule has 0 unspecified atom stereocenters. The molecule has 2 nitrogen and oxygen atoms in total. The quantitative estimate of drug-likeness (QED) is 0.703. The summed E-state index contributed by atoms with van der Waals surface area (Å²) in [4.78, 5) is 2.38. The Kier molecular flexibility index (Phi) is 2.61. The van der Waals surface area contributed by atoms with E-state index in [0.29, 0.717) is 0 Å². The van der Waals surface area contributed by atoms with Crippen molar-refractivity contribution < 1.29 is 5.11 Å². The van der Waals surface area contributed by atoms with Gasteiger partial charge in [-0.1, -0.05) is 6.92 Å². The molecule has 0 radical (unpaired) electrons. The minimum absolute atomic E-state index is 0.340. The lowest BCUT2D eigenvalue weighted by atomic mass is 9.79. The van der Waals surface area contributed by atoms with Crippen LogP contribution in [0.3, 0.4) is 0 Å². The summed E-state index contributed by atoms with van der Waals surface area (Å²) in [5, 5.41) is 10.3. The molecular formula is C11H21NO. The van der Waals surface area contributed by atoms with Crippen molar-refractivity contribution in [2.24, 2.45) is 5.92 Å². The molecule has 1 aliphatic heterocycles. The van der Waals surface area contributed by atoms with Gasteiger partial charge in [-0.3, -0.25) is 0 Å². The summed E-state index contributed by atoms with van der Waals surface area (Å²) in [5.74, 6) is 0.830. The van der Waals surface area contributed by atoms with Crippen LogP contribution in [0.5, 0.6) is 0 Å². The summed E-state index contributed by atoms with van der Waals surface area (Å²) in [6.07, 6.45) is 5.79. The van der Waals surface area contributed by atoms with Crippen LogP contribution in [-0.2, 0) is 0 Å². The van der Waals surface area contributed by atoms with Crippen LogP contribution in [0.4, 0.5) is 0 Å². The van der Waals surface area contributed by atoms with Gasteiger partial charge in [0.1, 0.15) is 0 Å². The Bertz CT molecular complexity index is 169. The zero-order chi connectivity index (χ0) is 9.31. The summed E-state index contributed by atoms with van der Waals surface area (Å²) in [6, 6.07) is 0. The van der Waals surface area contributed by atoms with Crippen LogP contribution in [0.15, 0.2) is 0 Å². The number of hydrogen-bond acceptors (Lipinski definition) is 2. The van der Waals surface area contributed by atoms with Gasteiger partial charge < -0.3 is 10.0 Å². The topological polar surface area (TPSA) is 23.5 Å². The molecule has 1 heterocycles. The van der Waals surface area contributed by atoms with Crippen LogP contribution in [0.2, 0.25) is 0 Å². The number of hydrogen-bond donors (Lipinski definition) is 1. The Morgan fingerprint density at radius 2 is 1.92 bits per heavy atom. The van der Waals surface area contributed by atoms with Gasteiger partial charge in [0.05, 0.1) is 5.60 Å². The maximum Gasteiger partial charge on any atom is 0.0774 e. The molecular weight excluding hydrogens is 162 g/mol. The van der Waals surface area contributed by atoms with Crippen LogP contribution in [0.1, 0.15) is 39.0 Å². The molecule has 0 atom stereocenters. The van der Waals surface area contributed by atoms with Crippen molar-refractivity contribution in [3.05, 3.63) is 0 Å². The van der Waals surface area contributed by atoms with Crippen LogP contribution >= 0.6 is 0 Å². The summed E-state index contributed by atoms with van der Waals surface area (Å²) < 4.78 is 0. The average molecular weight is 183 g/mol. The molecule has 2 fully saturated rings. The number of β-amino-alcohol motifs (C(OH)–C–C–N with tert-alkyl or cyclic N) is 1. The maximum atomic E-state index is 10.3. The van der Waals surface area contributed by atoms with E-state index in [9.17, 15) is 5.11 Å². The molecule has 2 aliphatic rings. The average Bonchev–Trinajstić information content (AvgIpc) is 2.05. The molecule has 13 heavy (non-hydrogen) atoms. The van der Waals surface area contributed by atoms with Crippen molar-refractivity contribution in [2.45, 2.75) is 44.6 Å². The van der Waals surface area contributed by atoms with Crippen molar-refractivity contribution >= 4 is 0 Å². The Hall–Kier alpha value is -0.0800. The Balaban J connectivity index is 1.81. The van der Waals surface area contributed by atoms with Crippen molar-refractivity contribution in [1.82, 2.24) is 4.90 Å². The first-order valence-electron chi connectivity index (χ1n) is 5.63. The van der Waals surface area contributed by atoms with Crippen molar-refractivity contribution in [3.8, 4) is 0 Å². The van der Waals surface area contributed by atoms with Crippen molar-refractivity contribution in [1.29, 1.82) is 0 Å². The fourth-order valence-corrected chi connectivity index (χ4v) is 2.41. The van der Waals surface area contributed by atoms with Crippen LogP contribution in [-0.4, -0.2) is 35.2 Å². The smallest absolute Gasteiger partial charge is 0.0774 e. The molecule has 76 valence electrons. The molecule has 1 saturated carbocycles. The molecule has 2 heteroatoms. The number of likely N-dealkylation sites (tertiary alicyclic amines) is 1. The first-order valence-corrected chi connectivity index (χ1v) is 5.63. The molecule has 2 rings (SSSR count). The SMILES string of the molecule is CC1CCC(O)(CN2CCC2)CC1. The van der Waals surface area contributed by atoms with Gasteiger partial charge >= 0.3 is 0 Å². The Morgan fingerprint density at radius 1 is 1.31 bits per heavy atom. The summed E-state index contributed by atoms with van der Waals surface area (Å²) in [6.45, 7) is 5.64. The highest BCUT2D eigenvalue weighted by Gasteiger charge is 2.34. The van der Waals surface area contributed by atoms with E-state index in [1.807, 2.05) is 0 Å². The number of rotatable bonds is 2. The van der Waals surface area contributed by atoms with Gasteiger partial charge in [0.25, 0.3) is 0 Å². The van der Waals surface area contributed by atoms with Crippen molar-refractivity contribution in [2.75, 3.05) is 19.6 Å². The second-order valence-electron chi connectivity index (χ2n) is 5.04. The van der Waals surface area contributed by atoms with E-state index in [4.69, 9.17) is 0 Å². The highest BCUT2D eigenvalue weighted by atomic mass is 16.3. The Morgan fingerprint density at radius 3 is 2.38 bits per heavy atom. The predicted octanol–water partition coefficient (Wildman–Crippen LogP) is 1.63. The minimum Gasteiger partial charge on any atom is -0.389 e. The monoisotopic (exact) mass is 183 g/mol. The Labute approximate surface area is 80.9 Å². The maximum absolute atomic E-state index is 10.3. The van der Waals surface area contributed by atoms with Gasteiger partial charge in [0, 0.05) is 6.54 Å². The zero-order valence-corrected chi connectivity index (χ0v) is 8.63. The van der Waals surface area contributed by atoms with Gasteiger partial charge in [-0.25, -0.2) is 0 Å². The standard InChI is InChI=1S/C11H21NO/c1-10-3-5-11(13,6-4-10)9-12-7-2-8-12/h10,13H,2-9H2,1H3. The lowest BCUT2D eigenvalue weighted by Gasteiger charge is -2.42. The third-order valence-corrected chi connectivity index (χ3v) is 3.67. The predicted molar refractivity (Wildman–Crippen MR) is 53.6 cm³/mol. The lowest BCUT2D eigenvalue weighted by molar-refractivity contribution is -0.0471. The van der Waals surface area contributed by atoms with Gasteiger partial charge in [-0.2, -0.15) is 0 Å². The van der Waals surface area contributed by atoms with Crippen LogP contribution < -0.4 is 0 Å². The van der Waals surface area contributed by atoms with Gasteiger partial charge in [0.15, 0.2) is 0 Å². The molecule has 0 aromatic heterocycles. The van der Waals surface area contributed by atoms with Gasteiger partial charge in [-0.05, 0) is 51.1 Å². The summed E-state index contributed by atoms with van der Waals surface area (Å²) in [5.41, 5.74) is -0.340. The van der Waals surface area contributed by atoms with E-state index >= 15 is 0 Å². The second kappa shape index (κ2) is 3.58. The third kappa shape index (κ3) is 2.23. The molecule has 0 bridgehead atoms. The normalized spacial score (nSPS) is 41.5. The second-order valence-corrected chi connectivity index (χ2v) is 5.04. The molecule has 1 saturated heterocycles. The highest BCUT2D eigenvalue weighted by molar-refractivity contribution is 4.89. The van der Waals surface area contributed by atoms with E-state index < -0.39 is 0 Å². The highest BCUT2D eigenvalue weighted by Crippen LogP contribution is 2.33. The van der Waals surface area contributed by atoms with Crippen molar-refractivity contribution in [3.63, 3.8) is 0 Å². The molecule has 0 spiro atoms. The van der Waals surface area contributed by atoms with Crippen LogP contribution in [0, 0.1) is 5.92 Å². The molecule has 1 N–H and O–H groups in total. The molecule has 0 aromatic rings. The molecule has 1 aliphatic carbocycles. The summed E-state index contributed by atoms with van der Waals surface area (Å²) >= 11 is 0. The fourth-order valence-electron chi connectivity index (χ4n) is 2.41. The van der Waals surface area contributed by atoms with E-state index in [-0.39, 0.29) is 5.60 Å². The van der Waals surface area contributed by atoms with Gasteiger partial charge in [0.2, 0.25) is 0 Å².